The molecule has 0 spiro atoms. The van der Waals surface area contributed by atoms with Gasteiger partial charge in [-0.1, -0.05) is 6.07 Å². The van der Waals surface area contributed by atoms with Gasteiger partial charge >= 0.3 is 0 Å². The first-order valence-corrected chi connectivity index (χ1v) is 5.91. The van der Waals surface area contributed by atoms with Gasteiger partial charge in [0.2, 0.25) is 0 Å². The number of nitrogens with one attached hydrogen (secondary N) is 1. The number of nitrogens with zero attached hydrogens (tertiary/aromatic N) is 1. The molecular formula is C14H15FN2O2. The predicted octanol–water partition coefficient (Wildman–Crippen LogP) is 1.63. The highest BCUT2D eigenvalue weighted by atomic mass is 19.1. The number of aryl methyl sites for hydroxylation is 1. The number of benzene rings is 1. The van der Waals surface area contributed by atoms with E-state index in [2.05, 4.69) is 5.32 Å². The van der Waals surface area contributed by atoms with Gasteiger partial charge in [-0.05, 0) is 30.3 Å². The molecule has 1 aromatic carbocycles. The summed E-state index contributed by atoms with van der Waals surface area (Å²) in [7, 11) is 1.81. The molecule has 1 aromatic heterocycles. The van der Waals surface area contributed by atoms with Crippen LogP contribution in [-0.2, 0) is 7.05 Å². The fourth-order valence-corrected chi connectivity index (χ4v) is 1.85. The molecule has 0 bridgehead atoms. The van der Waals surface area contributed by atoms with Crippen molar-refractivity contribution in [2.45, 2.75) is 6.10 Å². The summed E-state index contributed by atoms with van der Waals surface area (Å²) in [6.07, 6.45) is 1.02. The summed E-state index contributed by atoms with van der Waals surface area (Å²) < 4.78 is 14.7. The molecule has 1 heterocycles. The van der Waals surface area contributed by atoms with E-state index in [1.54, 1.807) is 10.6 Å². The Labute approximate surface area is 110 Å². The van der Waals surface area contributed by atoms with Crippen LogP contribution in [0.2, 0.25) is 0 Å². The highest BCUT2D eigenvalue weighted by Gasteiger charge is 2.13. The van der Waals surface area contributed by atoms with E-state index in [4.69, 9.17) is 0 Å². The maximum absolute atomic E-state index is 13.0. The molecule has 1 unspecified atom stereocenters. The van der Waals surface area contributed by atoms with Gasteiger partial charge < -0.3 is 15.0 Å². The number of amides is 1. The van der Waals surface area contributed by atoms with E-state index in [1.165, 1.54) is 18.2 Å². The highest BCUT2D eigenvalue weighted by Crippen LogP contribution is 2.11. The second-order valence-corrected chi connectivity index (χ2v) is 4.28. The van der Waals surface area contributed by atoms with Crippen molar-refractivity contribution in [2.75, 3.05) is 6.54 Å². The van der Waals surface area contributed by atoms with Gasteiger partial charge in [0.05, 0.1) is 0 Å². The van der Waals surface area contributed by atoms with Gasteiger partial charge in [0.25, 0.3) is 5.91 Å². The molecule has 19 heavy (non-hydrogen) atoms. The number of hydrogen-bond acceptors (Lipinski definition) is 2. The molecule has 2 N–H and O–H groups in total. The molecule has 0 saturated carbocycles. The zero-order chi connectivity index (χ0) is 13.8. The molecule has 0 aliphatic rings. The van der Waals surface area contributed by atoms with Crippen LogP contribution in [0.1, 0.15) is 22.2 Å². The Morgan fingerprint density at radius 2 is 2.21 bits per heavy atom. The lowest BCUT2D eigenvalue weighted by atomic mass is 10.2. The molecular weight excluding hydrogens is 247 g/mol. The molecule has 4 nitrogen and oxygen atoms in total. The number of hydrogen-bond donors (Lipinski definition) is 2. The fourth-order valence-electron chi connectivity index (χ4n) is 1.85. The van der Waals surface area contributed by atoms with Crippen LogP contribution in [0.15, 0.2) is 42.6 Å². The van der Waals surface area contributed by atoms with Crippen molar-refractivity contribution in [2.24, 2.45) is 7.05 Å². The monoisotopic (exact) mass is 262 g/mol. The third-order valence-corrected chi connectivity index (χ3v) is 2.87. The molecule has 1 amide bonds. The summed E-state index contributed by atoms with van der Waals surface area (Å²) >= 11 is 0. The van der Waals surface area contributed by atoms with Crippen LogP contribution in [0.25, 0.3) is 0 Å². The van der Waals surface area contributed by atoms with Gasteiger partial charge in [-0.25, -0.2) is 4.39 Å². The van der Waals surface area contributed by atoms with Gasteiger partial charge in [-0.2, -0.15) is 0 Å². The van der Waals surface area contributed by atoms with E-state index in [0.717, 1.165) is 6.07 Å². The predicted molar refractivity (Wildman–Crippen MR) is 69.1 cm³/mol. The second-order valence-electron chi connectivity index (χ2n) is 4.28. The average molecular weight is 262 g/mol. The number of aliphatic hydroxyl groups is 1. The minimum Gasteiger partial charge on any atom is -0.385 e. The summed E-state index contributed by atoms with van der Waals surface area (Å²) in [5, 5.41) is 12.5. The van der Waals surface area contributed by atoms with E-state index in [0.29, 0.717) is 5.69 Å². The van der Waals surface area contributed by atoms with Crippen LogP contribution in [0, 0.1) is 5.82 Å². The first-order chi connectivity index (χ1) is 9.08. The van der Waals surface area contributed by atoms with Crippen LogP contribution >= 0.6 is 0 Å². The molecule has 0 saturated heterocycles. The van der Waals surface area contributed by atoms with Crippen molar-refractivity contribution >= 4 is 5.91 Å². The molecule has 0 fully saturated rings. The zero-order valence-corrected chi connectivity index (χ0v) is 10.5. The number of aromatic nitrogens is 1. The quantitative estimate of drug-likeness (QED) is 0.880. The smallest absolute Gasteiger partial charge is 0.251 e. The summed E-state index contributed by atoms with van der Waals surface area (Å²) in [5.41, 5.74) is 0.943. The normalized spacial score (nSPS) is 12.2. The lowest BCUT2D eigenvalue weighted by Crippen LogP contribution is -2.29. The highest BCUT2D eigenvalue weighted by molar-refractivity contribution is 5.94. The standard InChI is InChI=1S/C14H15FN2O2/c1-17-7-3-6-12(17)13(18)9-16-14(19)10-4-2-5-11(15)8-10/h2-8,13,18H,9H2,1H3,(H,16,19). The van der Waals surface area contributed by atoms with Crippen molar-refractivity contribution in [1.82, 2.24) is 9.88 Å². The van der Waals surface area contributed by atoms with E-state index < -0.39 is 17.8 Å². The number of carbonyl (C=O) groups excluding carboxylic acids is 1. The van der Waals surface area contributed by atoms with Gasteiger partial charge in [0, 0.05) is 31.0 Å². The van der Waals surface area contributed by atoms with E-state index in [1.807, 2.05) is 19.3 Å². The van der Waals surface area contributed by atoms with Gasteiger partial charge in [0.15, 0.2) is 0 Å². The Morgan fingerprint density at radius 3 is 2.84 bits per heavy atom. The van der Waals surface area contributed by atoms with E-state index >= 15 is 0 Å². The Hall–Kier alpha value is -2.14. The lowest BCUT2D eigenvalue weighted by Gasteiger charge is -2.13. The van der Waals surface area contributed by atoms with Gasteiger partial charge in [0.1, 0.15) is 11.9 Å². The lowest BCUT2D eigenvalue weighted by molar-refractivity contribution is 0.0912. The molecule has 1 atom stereocenters. The molecule has 5 heteroatoms. The van der Waals surface area contributed by atoms with Crippen LogP contribution < -0.4 is 5.32 Å². The summed E-state index contributed by atoms with van der Waals surface area (Å²) in [6.45, 7) is 0.0766. The van der Waals surface area contributed by atoms with E-state index in [-0.39, 0.29) is 12.1 Å². The van der Waals surface area contributed by atoms with Crippen molar-refractivity contribution in [1.29, 1.82) is 0 Å². The third kappa shape index (κ3) is 3.20. The Bertz CT molecular complexity index is 580. The van der Waals surface area contributed by atoms with Crippen molar-refractivity contribution in [3.8, 4) is 0 Å². The maximum atomic E-state index is 13.0. The summed E-state index contributed by atoms with van der Waals surface area (Å²) in [5.74, 6) is -0.872. The minimum atomic E-state index is -0.794. The maximum Gasteiger partial charge on any atom is 0.251 e. The number of rotatable bonds is 4. The van der Waals surface area contributed by atoms with Gasteiger partial charge in [-0.15, -0.1) is 0 Å². The Morgan fingerprint density at radius 1 is 1.42 bits per heavy atom. The van der Waals surface area contributed by atoms with Crippen molar-refractivity contribution in [3.05, 3.63) is 59.7 Å². The zero-order valence-electron chi connectivity index (χ0n) is 10.5. The molecule has 0 aliphatic carbocycles. The summed E-state index contributed by atoms with van der Waals surface area (Å²) in [4.78, 5) is 11.8. The van der Waals surface area contributed by atoms with Crippen LogP contribution in [0.4, 0.5) is 4.39 Å². The fraction of sp³-hybridized carbons (Fsp3) is 0.214. The molecule has 100 valence electrons. The third-order valence-electron chi connectivity index (χ3n) is 2.87. The number of aliphatic hydroxyl groups excluding tert-OH is 1. The number of carbonyl (C=O) groups is 1. The number of halogens is 1. The van der Waals surface area contributed by atoms with Crippen molar-refractivity contribution < 1.29 is 14.3 Å². The SMILES string of the molecule is Cn1cccc1C(O)CNC(=O)c1cccc(F)c1. The van der Waals surface area contributed by atoms with Gasteiger partial charge in [-0.3, -0.25) is 4.79 Å². The Kier molecular flexibility index (Phi) is 3.97. The minimum absolute atomic E-state index is 0.0766. The molecule has 2 aromatic rings. The molecule has 0 radical (unpaired) electrons. The second kappa shape index (κ2) is 5.67. The van der Waals surface area contributed by atoms with E-state index in [9.17, 15) is 14.3 Å². The molecule has 0 aliphatic heterocycles. The first-order valence-electron chi connectivity index (χ1n) is 5.91. The van der Waals surface area contributed by atoms with Crippen molar-refractivity contribution in [3.63, 3.8) is 0 Å². The van der Waals surface area contributed by atoms with Crippen LogP contribution in [0.5, 0.6) is 0 Å². The molecule has 2 rings (SSSR count). The average Bonchev–Trinajstić information content (AvgIpc) is 2.82. The largest absolute Gasteiger partial charge is 0.385 e. The topological polar surface area (TPSA) is 54.3 Å². The Balaban J connectivity index is 1.96. The van der Waals surface area contributed by atoms with Crippen LogP contribution in [0.3, 0.4) is 0 Å². The first kappa shape index (κ1) is 13.3. The van der Waals surface area contributed by atoms with Crippen LogP contribution in [-0.4, -0.2) is 22.1 Å². The summed E-state index contributed by atoms with van der Waals surface area (Å²) in [6, 6.07) is 9.01.